The molecule has 1 unspecified atom stereocenters. The zero-order valence-electron chi connectivity index (χ0n) is 20.2. The molecule has 9 heteroatoms. The van der Waals surface area contributed by atoms with Crippen LogP contribution in [0.15, 0.2) is 18.2 Å². The van der Waals surface area contributed by atoms with E-state index in [0.29, 0.717) is 44.7 Å². The van der Waals surface area contributed by atoms with Crippen molar-refractivity contribution < 1.29 is 24.0 Å². The van der Waals surface area contributed by atoms with Crippen molar-refractivity contribution in [3.63, 3.8) is 0 Å². The Hall–Kier alpha value is -3.67. The van der Waals surface area contributed by atoms with E-state index in [9.17, 15) is 24.0 Å². The number of imide groups is 1. The van der Waals surface area contributed by atoms with Gasteiger partial charge in [0.25, 0.3) is 5.91 Å². The molecule has 0 bridgehead atoms. The van der Waals surface area contributed by atoms with E-state index in [0.717, 1.165) is 43.2 Å². The van der Waals surface area contributed by atoms with Crippen LogP contribution in [0.25, 0.3) is 0 Å². The summed E-state index contributed by atoms with van der Waals surface area (Å²) in [4.78, 5) is 65.8. The van der Waals surface area contributed by atoms with E-state index < -0.39 is 11.9 Å². The average Bonchev–Trinajstić information content (AvgIpc) is 3.24. The van der Waals surface area contributed by atoms with Gasteiger partial charge in [0.1, 0.15) is 6.04 Å². The number of nitrogens with one attached hydrogen (secondary N) is 1. The molecular formula is C27H30N4O5. The number of carbonyl (C=O) groups is 5. The summed E-state index contributed by atoms with van der Waals surface area (Å²) in [6.45, 7) is 2.96. The second-order valence-electron chi connectivity index (χ2n) is 10.0. The number of benzene rings is 1. The van der Waals surface area contributed by atoms with E-state index in [1.807, 2.05) is 17.0 Å². The van der Waals surface area contributed by atoms with Crippen molar-refractivity contribution in [3.05, 3.63) is 34.9 Å². The van der Waals surface area contributed by atoms with Crippen LogP contribution in [0, 0.1) is 23.7 Å². The fourth-order valence-electron chi connectivity index (χ4n) is 5.64. The van der Waals surface area contributed by atoms with E-state index in [2.05, 4.69) is 17.2 Å². The third kappa shape index (κ3) is 4.72. The highest BCUT2D eigenvalue weighted by molar-refractivity contribution is 6.05. The minimum absolute atomic E-state index is 0.000546. The zero-order valence-corrected chi connectivity index (χ0v) is 20.2. The first-order valence-electron chi connectivity index (χ1n) is 12.7. The van der Waals surface area contributed by atoms with Crippen LogP contribution in [-0.2, 0) is 25.7 Å². The summed E-state index contributed by atoms with van der Waals surface area (Å²) in [6, 6.07) is 4.83. The molecule has 4 aliphatic heterocycles. The largest absolute Gasteiger partial charge is 0.345 e. The average molecular weight is 491 g/mol. The van der Waals surface area contributed by atoms with E-state index in [1.165, 1.54) is 0 Å². The van der Waals surface area contributed by atoms with Gasteiger partial charge in [0, 0.05) is 62.1 Å². The molecule has 1 atom stereocenters. The van der Waals surface area contributed by atoms with Crippen LogP contribution in [0.3, 0.4) is 0 Å². The van der Waals surface area contributed by atoms with Crippen LogP contribution < -0.4 is 5.32 Å². The molecule has 0 radical (unpaired) electrons. The maximum atomic E-state index is 13.0. The highest BCUT2D eigenvalue weighted by Gasteiger charge is 2.39. The third-order valence-electron chi connectivity index (χ3n) is 7.83. The summed E-state index contributed by atoms with van der Waals surface area (Å²) in [5.41, 5.74) is 2.18. The highest BCUT2D eigenvalue weighted by Crippen LogP contribution is 2.30. The molecule has 9 nitrogen and oxygen atoms in total. The Morgan fingerprint density at radius 3 is 2.44 bits per heavy atom. The lowest BCUT2D eigenvalue weighted by atomic mass is 9.92. The number of likely N-dealkylation sites (tertiary alicyclic amines) is 2. The van der Waals surface area contributed by atoms with E-state index in [1.54, 1.807) is 15.9 Å². The SMILES string of the molecule is O=CN1CCC(C(=O)N2CCC(C#Cc3cccc4c3CN(C3CCC(=O)NC3=O)C4=O)CC2)CC1. The molecule has 3 fully saturated rings. The van der Waals surface area contributed by atoms with Crippen molar-refractivity contribution in [2.75, 3.05) is 26.2 Å². The maximum Gasteiger partial charge on any atom is 0.255 e. The number of rotatable bonds is 3. The van der Waals surface area contributed by atoms with Crippen LogP contribution >= 0.6 is 0 Å². The topological polar surface area (TPSA) is 107 Å². The van der Waals surface area contributed by atoms with Crippen molar-refractivity contribution in [2.24, 2.45) is 11.8 Å². The quantitative estimate of drug-likeness (QED) is 0.385. The predicted octanol–water partition coefficient (Wildman–Crippen LogP) is 0.906. The van der Waals surface area contributed by atoms with Gasteiger partial charge in [-0.1, -0.05) is 17.9 Å². The Morgan fingerprint density at radius 1 is 1.00 bits per heavy atom. The number of fused-ring (bicyclic) bond motifs is 1. The molecule has 5 amide bonds. The van der Waals surface area contributed by atoms with Gasteiger partial charge in [-0.15, -0.1) is 0 Å². The van der Waals surface area contributed by atoms with Gasteiger partial charge in [-0.05, 0) is 49.8 Å². The molecule has 188 valence electrons. The number of hydrogen-bond acceptors (Lipinski definition) is 5. The van der Waals surface area contributed by atoms with Gasteiger partial charge in [-0.2, -0.15) is 0 Å². The van der Waals surface area contributed by atoms with Crippen LogP contribution in [-0.4, -0.2) is 77.0 Å². The Balaban J connectivity index is 1.20. The molecular weight excluding hydrogens is 460 g/mol. The van der Waals surface area contributed by atoms with Gasteiger partial charge < -0.3 is 14.7 Å². The van der Waals surface area contributed by atoms with Crippen molar-refractivity contribution in [1.82, 2.24) is 20.0 Å². The van der Waals surface area contributed by atoms with Crippen LogP contribution in [0.5, 0.6) is 0 Å². The van der Waals surface area contributed by atoms with Gasteiger partial charge in [-0.3, -0.25) is 29.3 Å². The van der Waals surface area contributed by atoms with Gasteiger partial charge in [0.15, 0.2) is 0 Å². The monoisotopic (exact) mass is 490 g/mol. The number of piperidine rings is 3. The van der Waals surface area contributed by atoms with Crippen LogP contribution in [0.2, 0.25) is 0 Å². The number of hydrogen-bond donors (Lipinski definition) is 1. The molecule has 0 saturated carbocycles. The lowest BCUT2D eigenvalue weighted by molar-refractivity contribution is -0.139. The molecule has 0 spiro atoms. The van der Waals surface area contributed by atoms with Gasteiger partial charge >= 0.3 is 0 Å². The van der Waals surface area contributed by atoms with Crippen LogP contribution in [0.1, 0.15) is 60.0 Å². The summed E-state index contributed by atoms with van der Waals surface area (Å²) in [6.07, 6.45) is 4.48. The Bertz CT molecular complexity index is 1150. The lowest BCUT2D eigenvalue weighted by Gasteiger charge is -2.35. The Kier molecular flexibility index (Phi) is 6.77. The van der Waals surface area contributed by atoms with Gasteiger partial charge in [0.05, 0.1) is 0 Å². The first-order valence-corrected chi connectivity index (χ1v) is 12.7. The minimum Gasteiger partial charge on any atom is -0.345 e. The molecule has 1 aromatic rings. The van der Waals surface area contributed by atoms with Crippen LogP contribution in [0.4, 0.5) is 0 Å². The summed E-state index contributed by atoms with van der Waals surface area (Å²) in [7, 11) is 0. The fourth-order valence-corrected chi connectivity index (χ4v) is 5.64. The second-order valence-corrected chi connectivity index (χ2v) is 10.0. The zero-order chi connectivity index (χ0) is 25.2. The van der Waals surface area contributed by atoms with Gasteiger partial charge in [-0.25, -0.2) is 0 Å². The van der Waals surface area contributed by atoms with Crippen molar-refractivity contribution >= 4 is 30.0 Å². The van der Waals surface area contributed by atoms with Gasteiger partial charge in [0.2, 0.25) is 24.1 Å². The smallest absolute Gasteiger partial charge is 0.255 e. The number of carbonyl (C=O) groups excluding carboxylic acids is 5. The van der Waals surface area contributed by atoms with E-state index in [-0.39, 0.29) is 36.0 Å². The summed E-state index contributed by atoms with van der Waals surface area (Å²) >= 11 is 0. The second kappa shape index (κ2) is 10.1. The molecule has 36 heavy (non-hydrogen) atoms. The number of amides is 5. The molecule has 4 aliphatic rings. The minimum atomic E-state index is -0.643. The maximum absolute atomic E-state index is 13.0. The molecule has 3 saturated heterocycles. The Morgan fingerprint density at radius 2 is 1.75 bits per heavy atom. The third-order valence-corrected chi connectivity index (χ3v) is 7.83. The normalized spacial score (nSPS) is 23.2. The molecule has 1 aromatic carbocycles. The first-order chi connectivity index (χ1) is 17.4. The summed E-state index contributed by atoms with van der Waals surface area (Å²) in [5, 5.41) is 2.33. The fraction of sp³-hybridized carbons (Fsp3) is 0.519. The molecule has 0 aliphatic carbocycles. The summed E-state index contributed by atoms with van der Waals surface area (Å²) < 4.78 is 0. The predicted molar refractivity (Wildman–Crippen MR) is 129 cm³/mol. The number of nitrogens with zero attached hydrogens (tertiary/aromatic N) is 3. The van der Waals surface area contributed by atoms with Crippen molar-refractivity contribution in [3.8, 4) is 11.8 Å². The highest BCUT2D eigenvalue weighted by atomic mass is 16.2. The van der Waals surface area contributed by atoms with E-state index in [4.69, 9.17) is 0 Å². The molecule has 1 N–H and O–H groups in total. The first kappa shape index (κ1) is 24.0. The molecule has 0 aromatic heterocycles. The molecule has 5 rings (SSSR count). The Labute approximate surface area is 210 Å². The van der Waals surface area contributed by atoms with Crippen molar-refractivity contribution in [2.45, 2.75) is 51.1 Å². The molecule has 4 heterocycles. The van der Waals surface area contributed by atoms with Crippen molar-refractivity contribution in [1.29, 1.82) is 0 Å². The lowest BCUT2D eigenvalue weighted by Crippen LogP contribution is -2.52. The standard InChI is InChI=1S/C27H30N4O5/c32-17-29-12-10-20(11-13-29)26(35)30-14-8-18(9-15-30)4-5-19-2-1-3-21-22(19)16-31(27(21)36)23-6-7-24(33)28-25(23)34/h1-3,17-18,20,23H,6-16H2,(H,28,33,34). The summed E-state index contributed by atoms with van der Waals surface area (Å²) in [5.74, 6) is 6.07. The van der Waals surface area contributed by atoms with E-state index >= 15 is 0 Å².